The summed E-state index contributed by atoms with van der Waals surface area (Å²) < 4.78 is 5.89. The van der Waals surface area contributed by atoms with Crippen molar-refractivity contribution in [3.63, 3.8) is 0 Å². The van der Waals surface area contributed by atoms with Crippen molar-refractivity contribution in [3.8, 4) is 5.75 Å². The number of aromatic nitrogens is 2. The van der Waals surface area contributed by atoms with E-state index < -0.39 is 0 Å². The van der Waals surface area contributed by atoms with Gasteiger partial charge in [-0.1, -0.05) is 30.0 Å². The van der Waals surface area contributed by atoms with Gasteiger partial charge < -0.3 is 25.2 Å². The molecule has 2 aromatic carbocycles. The van der Waals surface area contributed by atoms with Gasteiger partial charge in [0.25, 0.3) is 0 Å². The van der Waals surface area contributed by atoms with Crippen LogP contribution in [0.4, 0.5) is 16.3 Å². The average Bonchev–Trinajstić information content (AvgIpc) is 3.34. The van der Waals surface area contributed by atoms with E-state index in [1.165, 1.54) is 0 Å². The fourth-order valence-electron chi connectivity index (χ4n) is 4.20. The Morgan fingerprint density at radius 2 is 1.92 bits per heavy atom. The van der Waals surface area contributed by atoms with Gasteiger partial charge in [-0.15, -0.1) is 0 Å². The maximum Gasteiger partial charge on any atom is 0.325 e. The molecule has 3 N–H and O–H groups in total. The van der Waals surface area contributed by atoms with Crippen LogP contribution in [0.2, 0.25) is 0 Å². The van der Waals surface area contributed by atoms with Gasteiger partial charge in [0.2, 0.25) is 0 Å². The van der Waals surface area contributed by atoms with Crippen LogP contribution in [0, 0.1) is 0 Å². The monoisotopic (exact) mass is 550 g/mol. The lowest BCUT2D eigenvalue weighted by Gasteiger charge is -2.15. The zero-order valence-corrected chi connectivity index (χ0v) is 23.9. The van der Waals surface area contributed by atoms with Crippen molar-refractivity contribution >= 4 is 45.4 Å². The number of carbonyl (C=O) groups is 1. The number of para-hydroxylation sites is 1. The summed E-state index contributed by atoms with van der Waals surface area (Å²) in [7, 11) is 8.12. The predicted molar refractivity (Wildman–Crippen MR) is 161 cm³/mol. The number of hydrogen-bond acceptors (Lipinski definition) is 9. The number of ether oxygens (including phenoxy) is 1. The Balaban J connectivity index is 1.22. The van der Waals surface area contributed by atoms with Gasteiger partial charge in [0, 0.05) is 42.0 Å². The van der Waals surface area contributed by atoms with Crippen molar-refractivity contribution in [1.29, 1.82) is 0 Å². The standard InChI is InChI=1S/C28H38N8O2S/c1-35(2)14-7-15-38-21-10-11-23-25(16-21)31-19-32-26(23)29-13-12-22-17-30-28(39-22)34-27(37)33-24-9-6-5-8-20(24)18-36(3)4/h5-6,8-11,16,19,22H,7,12-15,17-18H2,1-4H3,(H,29,31,32)(H2,30,33,34,37). The van der Waals surface area contributed by atoms with Gasteiger partial charge in [-0.3, -0.25) is 10.3 Å². The minimum Gasteiger partial charge on any atom is -0.493 e. The third kappa shape index (κ3) is 8.81. The Morgan fingerprint density at radius 1 is 1.08 bits per heavy atom. The maximum absolute atomic E-state index is 12.6. The second-order valence-electron chi connectivity index (χ2n) is 9.98. The quantitative estimate of drug-likeness (QED) is 0.289. The van der Waals surface area contributed by atoms with Crippen molar-refractivity contribution in [2.75, 3.05) is 65.1 Å². The van der Waals surface area contributed by atoms with Crippen molar-refractivity contribution in [3.05, 3.63) is 54.4 Å². The second kappa shape index (κ2) is 14.1. The fourth-order valence-corrected chi connectivity index (χ4v) is 5.20. The van der Waals surface area contributed by atoms with Gasteiger partial charge >= 0.3 is 6.03 Å². The Bertz CT molecular complexity index is 1280. The van der Waals surface area contributed by atoms with Gasteiger partial charge in [-0.25, -0.2) is 14.8 Å². The summed E-state index contributed by atoms with van der Waals surface area (Å²) in [5.41, 5.74) is 2.71. The second-order valence-corrected chi connectivity index (χ2v) is 11.3. The molecule has 208 valence electrons. The highest BCUT2D eigenvalue weighted by atomic mass is 32.2. The molecule has 2 amide bonds. The molecule has 1 atom stereocenters. The van der Waals surface area contributed by atoms with Gasteiger partial charge in [-0.05, 0) is 64.8 Å². The summed E-state index contributed by atoms with van der Waals surface area (Å²) in [5.74, 6) is 1.62. The summed E-state index contributed by atoms with van der Waals surface area (Å²) in [6.45, 7) is 3.81. The lowest BCUT2D eigenvalue weighted by atomic mass is 10.1. The molecule has 0 aliphatic carbocycles. The molecular weight excluding hydrogens is 512 g/mol. The van der Waals surface area contributed by atoms with E-state index in [0.717, 1.165) is 66.2 Å². The lowest BCUT2D eigenvalue weighted by molar-refractivity contribution is 0.256. The molecule has 0 radical (unpaired) electrons. The lowest BCUT2D eigenvalue weighted by Crippen LogP contribution is -2.32. The molecule has 1 aromatic heterocycles. The van der Waals surface area contributed by atoms with E-state index in [-0.39, 0.29) is 11.3 Å². The van der Waals surface area contributed by atoms with Crippen LogP contribution in [0.25, 0.3) is 10.9 Å². The highest BCUT2D eigenvalue weighted by Crippen LogP contribution is 2.26. The van der Waals surface area contributed by atoms with Crippen LogP contribution in [0.1, 0.15) is 18.4 Å². The zero-order chi connectivity index (χ0) is 27.6. The van der Waals surface area contributed by atoms with Gasteiger partial charge in [0.15, 0.2) is 5.17 Å². The molecule has 0 bridgehead atoms. The molecule has 4 rings (SSSR count). The molecule has 11 heteroatoms. The van der Waals surface area contributed by atoms with E-state index in [2.05, 4.69) is 54.8 Å². The Hall–Kier alpha value is -3.41. The molecule has 1 unspecified atom stereocenters. The molecule has 0 saturated heterocycles. The minimum atomic E-state index is -0.278. The zero-order valence-electron chi connectivity index (χ0n) is 23.1. The number of aliphatic imine (C=N–C) groups is 1. The molecule has 0 fully saturated rings. The van der Waals surface area contributed by atoms with Crippen molar-refractivity contribution in [2.45, 2.75) is 24.6 Å². The molecular formula is C28H38N8O2S. The Labute approximate surface area is 234 Å². The van der Waals surface area contributed by atoms with E-state index in [0.29, 0.717) is 18.3 Å². The molecule has 39 heavy (non-hydrogen) atoms. The summed E-state index contributed by atoms with van der Waals surface area (Å²) in [4.78, 5) is 30.2. The number of anilines is 2. The van der Waals surface area contributed by atoms with Crippen LogP contribution in [0.3, 0.4) is 0 Å². The third-order valence-corrected chi connectivity index (χ3v) is 7.25. The van der Waals surface area contributed by atoms with Gasteiger partial charge in [0.05, 0.1) is 18.7 Å². The van der Waals surface area contributed by atoms with Crippen LogP contribution < -0.4 is 20.7 Å². The number of fused-ring (bicyclic) bond motifs is 1. The first kappa shape index (κ1) is 28.6. The fraction of sp³-hybridized carbons (Fsp3) is 0.429. The molecule has 10 nitrogen and oxygen atoms in total. The number of benzene rings is 2. The van der Waals surface area contributed by atoms with Crippen LogP contribution in [-0.2, 0) is 6.54 Å². The number of thioether (sulfide) groups is 1. The predicted octanol–water partition coefficient (Wildman–Crippen LogP) is 4.12. The van der Waals surface area contributed by atoms with E-state index in [9.17, 15) is 4.79 Å². The molecule has 1 aliphatic heterocycles. The number of rotatable bonds is 12. The molecule has 0 spiro atoms. The van der Waals surface area contributed by atoms with Crippen LogP contribution in [0.5, 0.6) is 5.75 Å². The highest BCUT2D eigenvalue weighted by Gasteiger charge is 2.21. The molecule has 0 saturated carbocycles. The van der Waals surface area contributed by atoms with E-state index >= 15 is 0 Å². The number of urea groups is 1. The number of nitrogens with zero attached hydrogens (tertiary/aromatic N) is 5. The van der Waals surface area contributed by atoms with Crippen molar-refractivity contribution in [2.24, 2.45) is 4.99 Å². The minimum absolute atomic E-state index is 0.278. The molecule has 3 aromatic rings. The topological polar surface area (TPSA) is 107 Å². The normalized spacial score (nSPS) is 15.0. The SMILES string of the molecule is CN(C)CCCOc1ccc2c(NCCC3CN=C(NC(=O)Nc4ccccc4CN(C)C)S3)ncnc2c1. The first-order valence-electron chi connectivity index (χ1n) is 13.2. The van der Waals surface area contributed by atoms with Gasteiger partial charge in [-0.2, -0.15) is 0 Å². The van der Waals surface area contributed by atoms with E-state index in [4.69, 9.17) is 4.74 Å². The third-order valence-electron chi connectivity index (χ3n) is 6.07. The number of amidine groups is 1. The van der Waals surface area contributed by atoms with Crippen LogP contribution in [0.15, 0.2) is 53.8 Å². The largest absolute Gasteiger partial charge is 0.493 e. The molecule has 1 aliphatic rings. The molecule has 2 heterocycles. The summed E-state index contributed by atoms with van der Waals surface area (Å²) >= 11 is 1.59. The van der Waals surface area contributed by atoms with Crippen LogP contribution in [-0.4, -0.2) is 90.6 Å². The summed E-state index contributed by atoms with van der Waals surface area (Å²) in [6, 6.07) is 13.5. The summed E-state index contributed by atoms with van der Waals surface area (Å²) in [6.07, 6.45) is 3.42. The van der Waals surface area contributed by atoms with E-state index in [1.54, 1.807) is 18.1 Å². The maximum atomic E-state index is 12.6. The smallest absolute Gasteiger partial charge is 0.325 e. The highest BCUT2D eigenvalue weighted by molar-refractivity contribution is 8.14. The first-order valence-corrected chi connectivity index (χ1v) is 14.0. The van der Waals surface area contributed by atoms with Crippen molar-refractivity contribution in [1.82, 2.24) is 25.1 Å². The summed E-state index contributed by atoms with van der Waals surface area (Å²) in [5, 5.41) is 11.2. The van der Waals surface area contributed by atoms with E-state index in [1.807, 2.05) is 56.6 Å². The van der Waals surface area contributed by atoms with Gasteiger partial charge in [0.1, 0.15) is 17.9 Å². The number of amides is 2. The average molecular weight is 551 g/mol. The number of hydrogen-bond donors (Lipinski definition) is 3. The Kier molecular flexibility index (Phi) is 10.3. The van der Waals surface area contributed by atoms with Crippen molar-refractivity contribution < 1.29 is 9.53 Å². The number of nitrogens with one attached hydrogen (secondary N) is 3. The van der Waals surface area contributed by atoms with Crippen LogP contribution >= 0.6 is 11.8 Å². The number of carbonyl (C=O) groups excluding carboxylic acids is 1. The Morgan fingerprint density at radius 3 is 2.74 bits per heavy atom. The first-order chi connectivity index (χ1) is 18.9.